The van der Waals surface area contributed by atoms with Crippen LogP contribution in [0.2, 0.25) is 0 Å². The van der Waals surface area contributed by atoms with Gasteiger partial charge in [0.2, 0.25) is 0 Å². The second-order valence-corrected chi connectivity index (χ2v) is 7.22. The van der Waals surface area contributed by atoms with Gasteiger partial charge >= 0.3 is 0 Å². The summed E-state index contributed by atoms with van der Waals surface area (Å²) in [4.78, 5) is 2.58. The van der Waals surface area contributed by atoms with Crippen LogP contribution < -0.4 is 10.6 Å². The lowest BCUT2D eigenvalue weighted by atomic mass is 9.65. The maximum Gasteiger partial charge on any atom is 0.0524 e. The number of nitrogens with zero attached hydrogens (tertiary/aromatic N) is 1. The molecule has 0 radical (unpaired) electrons. The first-order valence-electron chi connectivity index (χ1n) is 8.76. The number of benzene rings is 1. The first-order chi connectivity index (χ1) is 10.2. The number of hydrogen-bond donors (Lipinski definition) is 1. The van der Waals surface area contributed by atoms with E-state index in [0.717, 1.165) is 13.1 Å². The minimum atomic E-state index is 0.184. The molecule has 0 aromatic heterocycles. The zero-order valence-electron chi connectivity index (χ0n) is 13.5. The molecule has 3 rings (SSSR count). The Bertz CT molecular complexity index is 438. The Balaban J connectivity index is 1.80. The second-order valence-electron chi connectivity index (χ2n) is 7.22. The molecule has 0 aliphatic heterocycles. The van der Waals surface area contributed by atoms with Gasteiger partial charge in [0, 0.05) is 18.8 Å². The summed E-state index contributed by atoms with van der Waals surface area (Å²) in [5, 5.41) is 0. The average Bonchev–Trinajstić information content (AvgIpc) is 3.00. The predicted octanol–water partition coefficient (Wildman–Crippen LogP) is 4.34. The van der Waals surface area contributed by atoms with Crippen LogP contribution in [0.1, 0.15) is 58.3 Å². The van der Waals surface area contributed by atoms with Crippen LogP contribution in [0.15, 0.2) is 30.3 Å². The summed E-state index contributed by atoms with van der Waals surface area (Å²) in [6.45, 7) is 4.10. The van der Waals surface area contributed by atoms with Gasteiger partial charge in [-0.2, -0.15) is 0 Å². The Morgan fingerprint density at radius 3 is 2.10 bits per heavy atom. The van der Waals surface area contributed by atoms with Crippen molar-refractivity contribution in [3.63, 3.8) is 0 Å². The van der Waals surface area contributed by atoms with Crippen molar-refractivity contribution in [2.75, 3.05) is 18.0 Å². The lowest BCUT2D eigenvalue weighted by Gasteiger charge is -2.51. The number of hydrogen-bond acceptors (Lipinski definition) is 2. The van der Waals surface area contributed by atoms with Crippen molar-refractivity contribution in [1.29, 1.82) is 0 Å². The van der Waals surface area contributed by atoms with Crippen molar-refractivity contribution < 1.29 is 0 Å². The van der Waals surface area contributed by atoms with E-state index in [1.54, 1.807) is 0 Å². The predicted molar refractivity (Wildman–Crippen MR) is 90.6 cm³/mol. The van der Waals surface area contributed by atoms with Crippen molar-refractivity contribution in [1.82, 2.24) is 0 Å². The molecule has 2 N–H and O–H groups in total. The number of anilines is 1. The van der Waals surface area contributed by atoms with E-state index < -0.39 is 0 Å². The highest BCUT2D eigenvalue weighted by Gasteiger charge is 2.45. The fraction of sp³-hybridized carbons (Fsp3) is 0.684. The van der Waals surface area contributed by atoms with Gasteiger partial charge in [0.05, 0.1) is 5.54 Å². The van der Waals surface area contributed by atoms with Crippen LogP contribution in [0, 0.1) is 5.41 Å². The molecule has 2 aliphatic rings. The molecule has 0 saturated heterocycles. The quantitative estimate of drug-likeness (QED) is 0.892. The smallest absolute Gasteiger partial charge is 0.0524 e. The molecule has 0 bridgehead atoms. The molecular formula is C19H30N2. The van der Waals surface area contributed by atoms with E-state index >= 15 is 0 Å². The molecular weight excluding hydrogens is 256 g/mol. The molecule has 21 heavy (non-hydrogen) atoms. The second kappa shape index (κ2) is 6.00. The van der Waals surface area contributed by atoms with E-state index in [9.17, 15) is 0 Å². The van der Waals surface area contributed by atoms with E-state index in [4.69, 9.17) is 5.73 Å². The molecule has 2 nitrogen and oxygen atoms in total. The van der Waals surface area contributed by atoms with E-state index in [0.29, 0.717) is 5.41 Å². The highest BCUT2D eigenvalue weighted by molar-refractivity contribution is 5.49. The van der Waals surface area contributed by atoms with E-state index in [-0.39, 0.29) is 5.54 Å². The Kier molecular flexibility index (Phi) is 4.26. The molecule has 2 aliphatic carbocycles. The molecule has 2 heteroatoms. The van der Waals surface area contributed by atoms with Crippen LogP contribution >= 0.6 is 0 Å². The van der Waals surface area contributed by atoms with Crippen molar-refractivity contribution in [2.24, 2.45) is 11.1 Å². The summed E-state index contributed by atoms with van der Waals surface area (Å²) in [7, 11) is 0. The Morgan fingerprint density at radius 1 is 0.952 bits per heavy atom. The monoisotopic (exact) mass is 286 g/mol. The van der Waals surface area contributed by atoms with Crippen LogP contribution in [-0.2, 0) is 0 Å². The largest absolute Gasteiger partial charge is 0.365 e. The van der Waals surface area contributed by atoms with E-state index in [2.05, 4.69) is 42.2 Å². The molecule has 1 spiro atoms. The molecule has 116 valence electrons. The minimum Gasteiger partial charge on any atom is -0.365 e. The maximum absolute atomic E-state index is 6.30. The molecule has 0 atom stereocenters. The Labute approximate surface area is 129 Å². The number of nitrogens with two attached hydrogens (primary N) is 1. The summed E-state index contributed by atoms with van der Waals surface area (Å²) in [5.74, 6) is 0. The van der Waals surface area contributed by atoms with Crippen molar-refractivity contribution in [3.8, 4) is 0 Å². The highest BCUT2D eigenvalue weighted by atomic mass is 15.2. The third-order valence-corrected chi connectivity index (χ3v) is 6.24. The Morgan fingerprint density at radius 2 is 1.57 bits per heavy atom. The van der Waals surface area contributed by atoms with E-state index in [1.165, 1.54) is 57.1 Å². The fourth-order valence-corrected chi connectivity index (χ4v) is 4.85. The van der Waals surface area contributed by atoms with Crippen molar-refractivity contribution in [2.45, 2.75) is 63.8 Å². The fourth-order valence-electron chi connectivity index (χ4n) is 4.85. The first kappa shape index (κ1) is 14.9. The maximum atomic E-state index is 6.30. The van der Waals surface area contributed by atoms with Crippen LogP contribution in [0.3, 0.4) is 0 Å². The van der Waals surface area contributed by atoms with Crippen LogP contribution in [-0.4, -0.2) is 18.6 Å². The third-order valence-electron chi connectivity index (χ3n) is 6.24. The van der Waals surface area contributed by atoms with Crippen LogP contribution in [0.5, 0.6) is 0 Å². The molecule has 0 unspecified atom stereocenters. The van der Waals surface area contributed by atoms with E-state index in [1.807, 2.05) is 0 Å². The topological polar surface area (TPSA) is 29.3 Å². The molecule has 1 aromatic rings. The number of rotatable bonds is 4. The van der Waals surface area contributed by atoms with Crippen molar-refractivity contribution in [3.05, 3.63) is 30.3 Å². The van der Waals surface area contributed by atoms with Gasteiger partial charge in [-0.25, -0.2) is 0 Å². The van der Waals surface area contributed by atoms with Gasteiger partial charge < -0.3 is 10.6 Å². The molecule has 1 aromatic carbocycles. The highest BCUT2D eigenvalue weighted by Crippen LogP contribution is 2.52. The summed E-state index contributed by atoms with van der Waals surface area (Å²) in [5.41, 5.74) is 8.50. The van der Waals surface area contributed by atoms with Gasteiger partial charge in [0.25, 0.3) is 0 Å². The zero-order chi connectivity index (χ0) is 14.8. The minimum absolute atomic E-state index is 0.184. The van der Waals surface area contributed by atoms with Gasteiger partial charge in [-0.3, -0.25) is 0 Å². The van der Waals surface area contributed by atoms with Gasteiger partial charge in [0.15, 0.2) is 0 Å². The molecule has 0 amide bonds. The SMILES string of the molecule is CCN(c1ccccc1)C1(CN)CCC2(CCCC2)CC1. The van der Waals surface area contributed by atoms with Crippen LogP contribution in [0.25, 0.3) is 0 Å². The first-order valence-corrected chi connectivity index (χ1v) is 8.76. The summed E-state index contributed by atoms with van der Waals surface area (Å²) in [6, 6.07) is 10.9. The average molecular weight is 286 g/mol. The molecule has 0 heterocycles. The molecule has 2 fully saturated rings. The van der Waals surface area contributed by atoms with Gasteiger partial charge in [0.1, 0.15) is 0 Å². The summed E-state index contributed by atoms with van der Waals surface area (Å²) < 4.78 is 0. The lowest BCUT2D eigenvalue weighted by Crippen LogP contribution is -2.57. The third kappa shape index (κ3) is 2.70. The van der Waals surface area contributed by atoms with Gasteiger partial charge in [-0.05, 0) is 63.0 Å². The summed E-state index contributed by atoms with van der Waals surface area (Å²) in [6.07, 6.45) is 11.1. The number of para-hydroxylation sites is 1. The van der Waals surface area contributed by atoms with Crippen LogP contribution in [0.4, 0.5) is 5.69 Å². The standard InChI is InChI=1S/C19H30N2/c1-2-21(17-8-4-3-5-9-17)19(16-20)14-12-18(13-15-19)10-6-7-11-18/h3-5,8-9H,2,6-7,10-16,20H2,1H3. The van der Waals surface area contributed by atoms with Gasteiger partial charge in [-0.1, -0.05) is 31.0 Å². The normalized spacial score (nSPS) is 23.3. The lowest BCUT2D eigenvalue weighted by molar-refractivity contribution is 0.132. The Hall–Kier alpha value is -1.02. The number of likely N-dealkylation sites (N-methyl/N-ethyl adjacent to an activating group) is 1. The molecule has 2 saturated carbocycles. The summed E-state index contributed by atoms with van der Waals surface area (Å²) >= 11 is 0. The zero-order valence-corrected chi connectivity index (χ0v) is 13.5. The van der Waals surface area contributed by atoms with Gasteiger partial charge in [-0.15, -0.1) is 0 Å². The van der Waals surface area contributed by atoms with Crippen molar-refractivity contribution >= 4 is 5.69 Å².